The first-order chi connectivity index (χ1) is 10.1. The van der Waals surface area contributed by atoms with Crippen LogP contribution >= 0.6 is 0 Å². The van der Waals surface area contributed by atoms with Crippen LogP contribution < -0.4 is 17.0 Å². The number of hydrogen-bond acceptors (Lipinski definition) is 3. The summed E-state index contributed by atoms with van der Waals surface area (Å²) in [6, 6.07) is 10.8. The molecule has 0 aliphatic rings. The number of ketones is 1. The number of benzene rings is 1. The lowest BCUT2D eigenvalue weighted by molar-refractivity contribution is -0.683. The Bertz CT molecular complexity index is 636. The maximum atomic E-state index is 12.1. The van der Waals surface area contributed by atoms with Crippen molar-refractivity contribution in [1.29, 1.82) is 0 Å². The van der Waals surface area contributed by atoms with Crippen molar-refractivity contribution in [2.75, 3.05) is 6.61 Å². The summed E-state index contributed by atoms with van der Waals surface area (Å²) in [7, 11) is 0. The minimum Gasteiger partial charge on any atom is -1.00 e. The molecule has 116 valence electrons. The van der Waals surface area contributed by atoms with Crippen molar-refractivity contribution < 1.29 is 31.3 Å². The predicted octanol–water partition coefficient (Wildman–Crippen LogP) is -0.654. The van der Waals surface area contributed by atoms with E-state index in [0.29, 0.717) is 17.7 Å². The first-order valence-corrected chi connectivity index (χ1v) is 6.86. The number of rotatable bonds is 5. The molecule has 0 saturated carbocycles. The highest BCUT2D eigenvalue weighted by atomic mass is 35.5. The number of esters is 1. The molecule has 0 amide bonds. The molecule has 5 heteroatoms. The molecule has 0 bridgehead atoms. The van der Waals surface area contributed by atoms with Gasteiger partial charge in [-0.3, -0.25) is 4.79 Å². The van der Waals surface area contributed by atoms with Crippen LogP contribution in [0.1, 0.15) is 33.2 Å². The first-order valence-electron chi connectivity index (χ1n) is 6.86. The number of Topliss-reactive ketones (excluding diaryl/α,β-unsaturated/α-hetero) is 1. The number of aromatic nitrogens is 1. The monoisotopic (exact) mass is 319 g/mol. The third-order valence-electron chi connectivity index (χ3n) is 3.10. The summed E-state index contributed by atoms with van der Waals surface area (Å²) < 4.78 is 6.66. The Balaban J connectivity index is 0.00000242. The van der Waals surface area contributed by atoms with Crippen LogP contribution in [0.25, 0.3) is 0 Å². The number of carbonyl (C=O) groups is 2. The zero-order valence-electron chi connectivity index (χ0n) is 12.6. The Morgan fingerprint density at radius 2 is 1.59 bits per heavy atom. The average molecular weight is 320 g/mol. The van der Waals surface area contributed by atoms with Crippen molar-refractivity contribution in [3.05, 3.63) is 65.5 Å². The van der Waals surface area contributed by atoms with Gasteiger partial charge in [0.1, 0.15) is 0 Å². The average Bonchev–Trinajstić information content (AvgIpc) is 2.49. The van der Waals surface area contributed by atoms with Gasteiger partial charge in [-0.05, 0) is 13.8 Å². The number of aryl methyl sites for hydroxylation is 1. The molecule has 4 nitrogen and oxygen atoms in total. The van der Waals surface area contributed by atoms with Gasteiger partial charge in [0, 0.05) is 17.7 Å². The molecule has 1 aromatic carbocycles. The van der Waals surface area contributed by atoms with E-state index in [1.54, 1.807) is 36.0 Å². The number of carbonyl (C=O) groups excluding carboxylic acids is 2. The largest absolute Gasteiger partial charge is 1.00 e. The molecule has 0 saturated heterocycles. The second-order valence-electron chi connectivity index (χ2n) is 4.77. The summed E-state index contributed by atoms with van der Waals surface area (Å²) in [5.41, 5.74) is 2.29. The van der Waals surface area contributed by atoms with Crippen molar-refractivity contribution in [2.45, 2.75) is 20.4 Å². The fourth-order valence-electron chi connectivity index (χ4n) is 1.91. The van der Waals surface area contributed by atoms with Crippen LogP contribution in [-0.4, -0.2) is 18.4 Å². The second-order valence-corrected chi connectivity index (χ2v) is 4.77. The lowest BCUT2D eigenvalue weighted by atomic mass is 10.1. The van der Waals surface area contributed by atoms with E-state index < -0.39 is 0 Å². The molecule has 0 aliphatic carbocycles. The summed E-state index contributed by atoms with van der Waals surface area (Å²) in [6.45, 7) is 4.34. The Morgan fingerprint density at radius 1 is 1.00 bits per heavy atom. The molecule has 0 unspecified atom stereocenters. The van der Waals surface area contributed by atoms with Crippen molar-refractivity contribution in [3.63, 3.8) is 0 Å². The van der Waals surface area contributed by atoms with Gasteiger partial charge >= 0.3 is 5.97 Å². The second kappa shape index (κ2) is 8.29. The minimum absolute atomic E-state index is 0. The summed E-state index contributed by atoms with van der Waals surface area (Å²) in [5, 5.41) is 0. The molecule has 1 aromatic heterocycles. The lowest BCUT2D eigenvalue weighted by Gasteiger charge is -2.01. The summed E-state index contributed by atoms with van der Waals surface area (Å²) in [4.78, 5) is 23.7. The molecule has 0 fully saturated rings. The first kappa shape index (κ1) is 17.9. The molecule has 1 heterocycles. The lowest BCUT2D eigenvalue weighted by Crippen LogP contribution is -3.00. The highest BCUT2D eigenvalue weighted by Crippen LogP contribution is 2.04. The zero-order valence-corrected chi connectivity index (χ0v) is 13.3. The van der Waals surface area contributed by atoms with Gasteiger partial charge in [-0.2, -0.15) is 4.57 Å². The van der Waals surface area contributed by atoms with E-state index in [-0.39, 0.29) is 30.7 Å². The van der Waals surface area contributed by atoms with Crippen LogP contribution in [0.2, 0.25) is 0 Å². The third kappa shape index (κ3) is 4.67. The summed E-state index contributed by atoms with van der Waals surface area (Å²) in [5.74, 6) is -0.321. The smallest absolute Gasteiger partial charge is 0.338 e. The molecule has 0 N–H and O–H groups in total. The highest BCUT2D eigenvalue weighted by molar-refractivity contribution is 5.95. The van der Waals surface area contributed by atoms with Gasteiger partial charge in [-0.1, -0.05) is 29.8 Å². The van der Waals surface area contributed by atoms with Gasteiger partial charge in [0.15, 0.2) is 12.4 Å². The molecule has 0 spiro atoms. The molecule has 2 aromatic rings. The summed E-state index contributed by atoms with van der Waals surface area (Å²) >= 11 is 0. The maximum absolute atomic E-state index is 12.1. The van der Waals surface area contributed by atoms with Crippen molar-refractivity contribution in [1.82, 2.24) is 0 Å². The fraction of sp³-hybridized carbons (Fsp3) is 0.235. The van der Waals surface area contributed by atoms with Gasteiger partial charge < -0.3 is 17.1 Å². The van der Waals surface area contributed by atoms with Gasteiger partial charge in [0.05, 0.1) is 12.2 Å². The molecular formula is C17H18ClNO3. The van der Waals surface area contributed by atoms with Crippen molar-refractivity contribution >= 4 is 11.8 Å². The maximum Gasteiger partial charge on any atom is 0.338 e. The van der Waals surface area contributed by atoms with E-state index in [0.717, 1.165) is 5.56 Å². The Morgan fingerprint density at radius 3 is 2.14 bits per heavy atom. The topological polar surface area (TPSA) is 47.2 Å². The van der Waals surface area contributed by atoms with Gasteiger partial charge in [0.2, 0.25) is 12.3 Å². The molecule has 0 aliphatic heterocycles. The molecule has 0 radical (unpaired) electrons. The molecule has 2 rings (SSSR count). The van der Waals surface area contributed by atoms with Crippen LogP contribution in [0.4, 0.5) is 0 Å². The number of nitrogens with zero attached hydrogens (tertiary/aromatic N) is 1. The molecular weight excluding hydrogens is 302 g/mol. The Hall–Kier alpha value is -2.20. The normalized spacial score (nSPS) is 9.73. The SMILES string of the molecule is CCOC(=O)c1cc[n+](CC(=O)c2ccc(C)cc2)cc1.[Cl-]. The van der Waals surface area contributed by atoms with Gasteiger partial charge in [0.25, 0.3) is 0 Å². The number of hydrogen-bond donors (Lipinski definition) is 0. The Labute approximate surface area is 136 Å². The van der Waals surface area contributed by atoms with E-state index in [2.05, 4.69) is 0 Å². The standard InChI is InChI=1S/C17H18NO3.ClH/c1-3-21-17(20)15-8-10-18(11-9-15)12-16(19)14-6-4-13(2)5-7-14;/h4-11H,3,12H2,1-2H3;1H/q+1;/p-1. The Kier molecular flexibility index (Phi) is 6.73. The molecule has 22 heavy (non-hydrogen) atoms. The number of pyridine rings is 1. The minimum atomic E-state index is -0.352. The number of ether oxygens (including phenoxy) is 1. The van der Waals surface area contributed by atoms with Crippen molar-refractivity contribution in [3.8, 4) is 0 Å². The fourth-order valence-corrected chi connectivity index (χ4v) is 1.91. The summed E-state index contributed by atoms with van der Waals surface area (Å²) in [6.07, 6.45) is 3.41. The number of halogens is 1. The van der Waals surface area contributed by atoms with E-state index >= 15 is 0 Å². The van der Waals surface area contributed by atoms with E-state index in [1.165, 1.54) is 0 Å². The third-order valence-corrected chi connectivity index (χ3v) is 3.10. The molecule has 0 atom stereocenters. The van der Waals surface area contributed by atoms with E-state index in [4.69, 9.17) is 4.74 Å². The van der Waals surface area contributed by atoms with Gasteiger partial charge in [-0.15, -0.1) is 0 Å². The van der Waals surface area contributed by atoms with Crippen LogP contribution in [0.5, 0.6) is 0 Å². The van der Waals surface area contributed by atoms with Gasteiger partial charge in [-0.25, -0.2) is 4.79 Å². The zero-order chi connectivity index (χ0) is 15.2. The van der Waals surface area contributed by atoms with Crippen LogP contribution in [-0.2, 0) is 11.3 Å². The van der Waals surface area contributed by atoms with Crippen LogP contribution in [0.3, 0.4) is 0 Å². The van der Waals surface area contributed by atoms with Crippen LogP contribution in [0.15, 0.2) is 48.8 Å². The van der Waals surface area contributed by atoms with Crippen molar-refractivity contribution in [2.24, 2.45) is 0 Å². The quantitative estimate of drug-likeness (QED) is 0.418. The van der Waals surface area contributed by atoms with Crippen LogP contribution in [0, 0.1) is 6.92 Å². The van der Waals surface area contributed by atoms with E-state index in [9.17, 15) is 9.59 Å². The highest BCUT2D eigenvalue weighted by Gasteiger charge is 2.13. The van der Waals surface area contributed by atoms with E-state index in [1.807, 2.05) is 31.2 Å². The predicted molar refractivity (Wildman–Crippen MR) is 78.1 cm³/mol.